The molecule has 1 unspecified atom stereocenters. The Bertz CT molecular complexity index is 1840. The monoisotopic (exact) mass is 961 g/mol. The largest absolute Gasteiger partial charge is 0.393 e. The van der Waals surface area contributed by atoms with Crippen molar-refractivity contribution < 1.29 is 53.4 Å². The molecule has 1 aromatic rings. The first-order valence-electron chi connectivity index (χ1n) is 23.3. The van der Waals surface area contributed by atoms with E-state index in [1.165, 1.54) is 13.8 Å². The van der Waals surface area contributed by atoms with Gasteiger partial charge in [-0.25, -0.2) is 0 Å². The molecular formula is C45H76N12O11. The predicted octanol–water partition coefficient (Wildman–Crippen LogP) is -4.66. The van der Waals surface area contributed by atoms with Gasteiger partial charge < -0.3 is 76.1 Å². The fourth-order valence-corrected chi connectivity index (χ4v) is 7.57. The molecule has 23 nitrogen and oxygen atoms in total. The van der Waals surface area contributed by atoms with Crippen molar-refractivity contribution in [2.75, 3.05) is 32.7 Å². The number of hydrogen-bond acceptors (Lipinski definition) is 16. The number of ketones is 2. The predicted molar refractivity (Wildman–Crippen MR) is 251 cm³/mol. The van der Waals surface area contributed by atoms with E-state index in [2.05, 4.69) is 37.2 Å². The molecule has 19 N–H and O–H groups in total. The second kappa shape index (κ2) is 30.1. The number of carbonyl (C=O) groups excluding carboxylic acids is 9. The molecule has 0 aromatic heterocycles. The second-order valence-electron chi connectivity index (χ2n) is 17.7. The highest BCUT2D eigenvalue weighted by molar-refractivity contribution is 5.98. The van der Waals surface area contributed by atoms with E-state index in [4.69, 9.17) is 28.7 Å². The molecule has 0 bridgehead atoms. The molecule has 1 saturated heterocycles. The number of Topliss-reactive ketones (excluding diaryl/α,β-unsaturated/α-hetero) is 2. The van der Waals surface area contributed by atoms with Gasteiger partial charge in [0.2, 0.25) is 41.4 Å². The zero-order valence-corrected chi connectivity index (χ0v) is 39.7. The summed E-state index contributed by atoms with van der Waals surface area (Å²) < 4.78 is 0. The molecule has 0 aliphatic carbocycles. The number of carbonyl (C=O) groups is 9. The summed E-state index contributed by atoms with van der Waals surface area (Å²) in [4.78, 5) is 125. The van der Waals surface area contributed by atoms with Crippen LogP contribution in [0.4, 0.5) is 0 Å². The van der Waals surface area contributed by atoms with E-state index in [1.807, 2.05) is 13.8 Å². The van der Waals surface area contributed by atoms with Crippen LogP contribution in [-0.4, -0.2) is 150 Å². The normalized spacial score (nSPS) is 25.1. The fraction of sp³-hybridized carbons (Fsp3) is 0.667. The molecule has 1 heterocycles. The van der Waals surface area contributed by atoms with Crippen LogP contribution in [0, 0.1) is 17.8 Å². The summed E-state index contributed by atoms with van der Waals surface area (Å²) in [5.74, 6) is -9.50. The van der Waals surface area contributed by atoms with Gasteiger partial charge >= 0.3 is 0 Å². The first-order valence-corrected chi connectivity index (χ1v) is 23.3. The van der Waals surface area contributed by atoms with Crippen LogP contribution in [0.5, 0.6) is 0 Å². The molecule has 68 heavy (non-hydrogen) atoms. The highest BCUT2D eigenvalue weighted by Gasteiger charge is 2.36. The number of rotatable bonds is 18. The lowest BCUT2D eigenvalue weighted by molar-refractivity contribution is -0.136. The summed E-state index contributed by atoms with van der Waals surface area (Å²) in [5, 5.41) is 38.7. The Labute approximate surface area is 397 Å². The van der Waals surface area contributed by atoms with Gasteiger partial charge in [0.1, 0.15) is 30.2 Å². The number of hydrogen-bond donors (Lipinski definition) is 14. The Morgan fingerprint density at radius 1 is 0.676 bits per heavy atom. The average molecular weight is 961 g/mol. The second-order valence-corrected chi connectivity index (χ2v) is 17.7. The highest BCUT2D eigenvalue weighted by atomic mass is 16.3. The number of amides is 7. The summed E-state index contributed by atoms with van der Waals surface area (Å²) in [7, 11) is 0. The third kappa shape index (κ3) is 19.7. The lowest BCUT2D eigenvalue weighted by Gasteiger charge is -2.28. The van der Waals surface area contributed by atoms with Crippen molar-refractivity contribution >= 4 is 52.9 Å². The van der Waals surface area contributed by atoms with Crippen molar-refractivity contribution in [2.45, 2.75) is 140 Å². The zero-order valence-electron chi connectivity index (χ0n) is 39.7. The molecule has 23 heteroatoms. The molecular weight excluding hydrogens is 885 g/mol. The first kappa shape index (κ1) is 58.7. The quantitative estimate of drug-likeness (QED) is 0.0658. The smallest absolute Gasteiger partial charge is 0.243 e. The minimum atomic E-state index is -1.53. The number of benzene rings is 1. The first-order chi connectivity index (χ1) is 32.2. The lowest BCUT2D eigenvalue weighted by Crippen LogP contribution is -2.60. The van der Waals surface area contributed by atoms with Crippen LogP contribution >= 0.6 is 0 Å². The van der Waals surface area contributed by atoms with Gasteiger partial charge in [0.05, 0.1) is 30.2 Å². The van der Waals surface area contributed by atoms with Crippen molar-refractivity contribution in [3.8, 4) is 0 Å². The van der Waals surface area contributed by atoms with E-state index in [0.717, 1.165) is 0 Å². The van der Waals surface area contributed by atoms with Gasteiger partial charge in [-0.3, -0.25) is 43.2 Å². The van der Waals surface area contributed by atoms with Gasteiger partial charge in [-0.1, -0.05) is 44.2 Å². The Balaban J connectivity index is 2.74. The molecule has 1 fully saturated rings. The summed E-state index contributed by atoms with van der Waals surface area (Å²) in [6.07, 6.45) is -4.21. The number of aliphatic hydroxyl groups excluding tert-OH is 2. The maximum atomic E-state index is 14.4. The molecule has 2 rings (SSSR count). The van der Waals surface area contributed by atoms with Gasteiger partial charge in [-0.15, -0.1) is 0 Å². The standard InChI is InChI=1S/C45H76N12O11/c1-24(2)20-28-22-36(60)35(21-27-8-6-5-7-9-27)57-43(66)32(12-17-48)54-44(67)34(55-42(65)33(13-18-49)56-45(68)38(50)26(4)59)14-19-51-40(63)29(25(3)58)23-37(61)30(10-15-46)52-41(64)31(11-16-47)53-39(28)62/h5-9,24-26,28-35,38,58-59H,10-23,46-50H2,1-4H3,(H,51,63)(H,52,64)(H,53,62)(H,54,67)(H,55,65)(H,56,68)(H,57,66)/t25-,26+,28-,29+,30-,31-,32+,33-,34?,35+,38-/m0/s1. The highest BCUT2D eigenvalue weighted by Crippen LogP contribution is 2.20. The minimum absolute atomic E-state index is 0.0156. The third-order valence-electron chi connectivity index (χ3n) is 11.5. The fourth-order valence-electron chi connectivity index (χ4n) is 7.57. The Hall–Kier alpha value is -5.43. The van der Waals surface area contributed by atoms with Crippen LogP contribution in [-0.2, 0) is 49.6 Å². The van der Waals surface area contributed by atoms with E-state index in [-0.39, 0.29) is 90.0 Å². The van der Waals surface area contributed by atoms with Crippen molar-refractivity contribution in [1.82, 2.24) is 37.2 Å². The van der Waals surface area contributed by atoms with Crippen LogP contribution in [0.1, 0.15) is 84.6 Å². The van der Waals surface area contributed by atoms with Crippen molar-refractivity contribution in [2.24, 2.45) is 46.4 Å². The lowest BCUT2D eigenvalue weighted by atomic mass is 9.88. The molecule has 11 atom stereocenters. The van der Waals surface area contributed by atoms with E-state index in [1.54, 1.807) is 30.3 Å². The summed E-state index contributed by atoms with van der Waals surface area (Å²) in [6, 6.07) is -0.697. The van der Waals surface area contributed by atoms with Crippen LogP contribution in [0.15, 0.2) is 30.3 Å². The van der Waals surface area contributed by atoms with Crippen molar-refractivity contribution in [1.29, 1.82) is 0 Å². The summed E-state index contributed by atoms with van der Waals surface area (Å²) in [6.45, 7) is 5.54. The van der Waals surface area contributed by atoms with Gasteiger partial charge in [0.15, 0.2) is 11.6 Å². The van der Waals surface area contributed by atoms with Crippen LogP contribution in [0.3, 0.4) is 0 Å². The van der Waals surface area contributed by atoms with Gasteiger partial charge in [0, 0.05) is 25.3 Å². The third-order valence-corrected chi connectivity index (χ3v) is 11.5. The number of aliphatic hydroxyl groups is 2. The number of nitrogens with one attached hydrogen (secondary N) is 7. The molecule has 0 radical (unpaired) electrons. The van der Waals surface area contributed by atoms with Gasteiger partial charge in [-0.05, 0) is 96.5 Å². The Morgan fingerprint density at radius 2 is 1.21 bits per heavy atom. The molecule has 0 spiro atoms. The Morgan fingerprint density at radius 3 is 1.74 bits per heavy atom. The maximum absolute atomic E-state index is 14.4. The van der Waals surface area contributed by atoms with E-state index < -0.39 is 126 Å². The SMILES string of the molecule is CC(C)C[C@H]1CC(=O)[C@@H](Cc2ccccc2)NC(=O)[C@@H](CCN)NC(=O)C(NC(=O)[C@H](CCN)NC(=O)[C@@H](N)[C@@H](C)O)CCNC(=O)[C@@H]([C@H](C)O)CC(=O)[C@H](CCN)NC(=O)[C@H](CCN)NC1=O. The minimum Gasteiger partial charge on any atom is -0.393 e. The molecule has 0 saturated carbocycles. The van der Waals surface area contributed by atoms with Crippen LogP contribution in [0.2, 0.25) is 0 Å². The average Bonchev–Trinajstić information content (AvgIpc) is 3.28. The van der Waals surface area contributed by atoms with Crippen molar-refractivity contribution in [3.63, 3.8) is 0 Å². The van der Waals surface area contributed by atoms with Crippen LogP contribution < -0.4 is 65.9 Å². The molecule has 1 aromatic carbocycles. The molecule has 1 aliphatic heterocycles. The molecule has 382 valence electrons. The maximum Gasteiger partial charge on any atom is 0.243 e. The zero-order chi connectivity index (χ0) is 51.1. The number of nitrogens with two attached hydrogens (primary N) is 5. The van der Waals surface area contributed by atoms with Crippen molar-refractivity contribution in [3.05, 3.63) is 35.9 Å². The van der Waals surface area contributed by atoms with Crippen LogP contribution in [0.25, 0.3) is 0 Å². The van der Waals surface area contributed by atoms with E-state index in [9.17, 15) is 53.4 Å². The summed E-state index contributed by atoms with van der Waals surface area (Å²) in [5.41, 5.74) is 29.8. The van der Waals surface area contributed by atoms with Gasteiger partial charge in [0.25, 0.3) is 0 Å². The molecule has 7 amide bonds. The topological polar surface area (TPSA) is 408 Å². The molecule has 1 aliphatic rings. The van der Waals surface area contributed by atoms with E-state index in [0.29, 0.717) is 5.56 Å². The van der Waals surface area contributed by atoms with E-state index >= 15 is 0 Å². The summed E-state index contributed by atoms with van der Waals surface area (Å²) >= 11 is 0. The Kier molecular flexibility index (Phi) is 26.0. The van der Waals surface area contributed by atoms with Gasteiger partial charge in [-0.2, -0.15) is 0 Å².